The van der Waals surface area contributed by atoms with Crippen molar-refractivity contribution in [3.8, 4) is 0 Å². The molecule has 1 aromatic rings. The van der Waals surface area contributed by atoms with Gasteiger partial charge in [-0.1, -0.05) is 36.8 Å². The first-order valence-electron chi connectivity index (χ1n) is 6.53. The molecule has 20 heavy (non-hydrogen) atoms. The third-order valence-electron chi connectivity index (χ3n) is 2.72. The summed E-state index contributed by atoms with van der Waals surface area (Å²) in [6.07, 6.45) is 2.06. The number of alkyl carbamates (subject to hydrolysis) is 1. The molecule has 0 aliphatic heterocycles. The van der Waals surface area contributed by atoms with Crippen molar-refractivity contribution in [2.75, 3.05) is 13.2 Å². The Hall–Kier alpha value is -1.30. The number of aliphatic hydroxyl groups excluding tert-OH is 1. The Labute approximate surface area is 125 Å². The van der Waals surface area contributed by atoms with Crippen LogP contribution in [-0.4, -0.2) is 30.4 Å². The number of benzene rings is 1. The van der Waals surface area contributed by atoms with Gasteiger partial charge in [-0.2, -0.15) is 0 Å². The van der Waals surface area contributed by atoms with Crippen molar-refractivity contribution in [3.05, 3.63) is 35.9 Å². The quantitative estimate of drug-likeness (QED) is 0.640. The van der Waals surface area contributed by atoms with Crippen LogP contribution in [0.15, 0.2) is 30.3 Å². The normalized spacial score (nSPS) is 11.3. The Balaban J connectivity index is 0.00000361. The van der Waals surface area contributed by atoms with Crippen LogP contribution in [0.5, 0.6) is 0 Å². The van der Waals surface area contributed by atoms with Crippen LogP contribution in [0.3, 0.4) is 0 Å². The third kappa shape index (κ3) is 8.74. The zero-order chi connectivity index (χ0) is 13.9. The maximum Gasteiger partial charge on any atom is 0.407 e. The summed E-state index contributed by atoms with van der Waals surface area (Å²) in [5.41, 5.74) is 6.53. The Bertz CT molecular complexity index is 363. The van der Waals surface area contributed by atoms with E-state index in [1.807, 2.05) is 30.3 Å². The number of carbonyl (C=O) groups excluding carboxylic acids is 1. The van der Waals surface area contributed by atoms with Crippen molar-refractivity contribution in [2.45, 2.75) is 31.9 Å². The van der Waals surface area contributed by atoms with Crippen LogP contribution in [0.25, 0.3) is 0 Å². The Morgan fingerprint density at radius 3 is 2.65 bits per heavy atom. The van der Waals surface area contributed by atoms with Gasteiger partial charge in [0.1, 0.15) is 6.61 Å². The molecular weight excluding hydrogens is 280 g/mol. The minimum Gasteiger partial charge on any atom is -0.445 e. The molecule has 1 atom stereocenters. The number of amides is 1. The summed E-state index contributed by atoms with van der Waals surface area (Å²) in [5.74, 6) is 0. The molecule has 5 nitrogen and oxygen atoms in total. The van der Waals surface area contributed by atoms with Gasteiger partial charge in [0.2, 0.25) is 0 Å². The van der Waals surface area contributed by atoms with Gasteiger partial charge in [0, 0.05) is 12.6 Å². The molecule has 6 heteroatoms. The van der Waals surface area contributed by atoms with Gasteiger partial charge >= 0.3 is 6.09 Å². The van der Waals surface area contributed by atoms with Gasteiger partial charge in [0.15, 0.2) is 0 Å². The second kappa shape index (κ2) is 11.5. The van der Waals surface area contributed by atoms with Gasteiger partial charge in [0.05, 0.1) is 6.61 Å². The van der Waals surface area contributed by atoms with E-state index in [1.165, 1.54) is 0 Å². The monoisotopic (exact) mass is 302 g/mol. The van der Waals surface area contributed by atoms with E-state index in [9.17, 15) is 4.79 Å². The number of hydrogen-bond donors (Lipinski definition) is 3. The van der Waals surface area contributed by atoms with Crippen LogP contribution in [0.1, 0.15) is 24.8 Å². The summed E-state index contributed by atoms with van der Waals surface area (Å²) < 4.78 is 5.06. The first-order chi connectivity index (χ1) is 9.22. The van der Waals surface area contributed by atoms with E-state index < -0.39 is 6.09 Å². The summed E-state index contributed by atoms with van der Waals surface area (Å²) in [7, 11) is 0. The van der Waals surface area contributed by atoms with Crippen LogP contribution in [-0.2, 0) is 11.3 Å². The number of hydrogen-bond acceptors (Lipinski definition) is 4. The van der Waals surface area contributed by atoms with Gasteiger partial charge in [-0.05, 0) is 18.4 Å². The van der Waals surface area contributed by atoms with Crippen LogP contribution < -0.4 is 11.1 Å². The minimum absolute atomic E-state index is 0. The molecule has 0 unspecified atom stereocenters. The van der Waals surface area contributed by atoms with Gasteiger partial charge in [-0.15, -0.1) is 12.4 Å². The molecular formula is C14H23ClN2O3. The Morgan fingerprint density at radius 2 is 2.00 bits per heavy atom. The number of aliphatic hydroxyl groups is 1. The van der Waals surface area contributed by atoms with Gasteiger partial charge in [-0.3, -0.25) is 0 Å². The van der Waals surface area contributed by atoms with Gasteiger partial charge in [-0.25, -0.2) is 4.79 Å². The van der Waals surface area contributed by atoms with Gasteiger partial charge < -0.3 is 20.9 Å². The van der Waals surface area contributed by atoms with E-state index in [0.29, 0.717) is 6.54 Å². The molecule has 0 saturated carbocycles. The standard InChI is InChI=1S/C14H22N2O3.ClH/c15-13(10-17)8-4-5-9-16-14(18)19-11-12-6-2-1-3-7-12;/h1-3,6-7,13,17H,4-5,8-11,15H2,(H,16,18);1H/t13-;/m0./s1. The maximum absolute atomic E-state index is 11.4. The molecule has 0 saturated heterocycles. The van der Waals surface area contributed by atoms with Crippen molar-refractivity contribution >= 4 is 18.5 Å². The van der Waals surface area contributed by atoms with Crippen LogP contribution in [0.2, 0.25) is 0 Å². The molecule has 0 fully saturated rings. The van der Waals surface area contributed by atoms with E-state index >= 15 is 0 Å². The van der Waals surface area contributed by atoms with Crippen LogP contribution >= 0.6 is 12.4 Å². The average Bonchev–Trinajstić information content (AvgIpc) is 2.45. The van der Waals surface area contributed by atoms with Crippen molar-refractivity contribution in [1.29, 1.82) is 0 Å². The van der Waals surface area contributed by atoms with Gasteiger partial charge in [0.25, 0.3) is 0 Å². The number of carbonyl (C=O) groups is 1. The molecule has 0 spiro atoms. The average molecular weight is 303 g/mol. The second-order valence-electron chi connectivity index (χ2n) is 4.43. The van der Waals surface area contributed by atoms with Crippen molar-refractivity contribution in [2.24, 2.45) is 5.73 Å². The molecule has 0 aliphatic rings. The van der Waals surface area contributed by atoms with E-state index in [-0.39, 0.29) is 31.7 Å². The smallest absolute Gasteiger partial charge is 0.407 e. The van der Waals surface area contributed by atoms with Crippen LogP contribution in [0, 0.1) is 0 Å². The number of halogens is 1. The highest BCUT2D eigenvalue weighted by molar-refractivity contribution is 5.85. The second-order valence-corrected chi connectivity index (χ2v) is 4.43. The largest absolute Gasteiger partial charge is 0.445 e. The fourth-order valence-electron chi connectivity index (χ4n) is 1.59. The number of nitrogens with two attached hydrogens (primary N) is 1. The number of unbranched alkanes of at least 4 members (excludes halogenated alkanes) is 1. The Morgan fingerprint density at radius 1 is 1.30 bits per heavy atom. The molecule has 114 valence electrons. The highest BCUT2D eigenvalue weighted by Crippen LogP contribution is 2.01. The fraction of sp³-hybridized carbons (Fsp3) is 0.500. The van der Waals surface area contributed by atoms with E-state index in [1.54, 1.807) is 0 Å². The van der Waals surface area contributed by atoms with Crippen LogP contribution in [0.4, 0.5) is 4.79 Å². The zero-order valence-corrected chi connectivity index (χ0v) is 12.3. The number of ether oxygens (including phenoxy) is 1. The molecule has 0 aliphatic carbocycles. The Kier molecular flexibility index (Phi) is 10.8. The summed E-state index contributed by atoms with van der Waals surface area (Å²) in [6, 6.07) is 9.38. The molecule has 4 N–H and O–H groups in total. The predicted octanol–water partition coefficient (Wildman–Crippen LogP) is 1.82. The number of nitrogens with one attached hydrogen (secondary N) is 1. The molecule has 0 aromatic heterocycles. The summed E-state index contributed by atoms with van der Waals surface area (Å²) in [6.45, 7) is 0.848. The topological polar surface area (TPSA) is 84.6 Å². The SMILES string of the molecule is Cl.N[C@H](CO)CCCCNC(=O)OCc1ccccc1. The molecule has 0 bridgehead atoms. The van der Waals surface area contributed by atoms with E-state index in [0.717, 1.165) is 24.8 Å². The zero-order valence-electron chi connectivity index (χ0n) is 11.5. The van der Waals surface area contributed by atoms with Crippen molar-refractivity contribution in [1.82, 2.24) is 5.32 Å². The lowest BCUT2D eigenvalue weighted by Crippen LogP contribution is -2.27. The van der Waals surface area contributed by atoms with E-state index in [2.05, 4.69) is 5.32 Å². The highest BCUT2D eigenvalue weighted by atomic mass is 35.5. The molecule has 0 heterocycles. The molecule has 0 radical (unpaired) electrons. The lowest BCUT2D eigenvalue weighted by Gasteiger charge is -2.09. The summed E-state index contributed by atoms with van der Waals surface area (Å²) in [4.78, 5) is 11.4. The highest BCUT2D eigenvalue weighted by Gasteiger charge is 2.03. The van der Waals surface area contributed by atoms with Crippen molar-refractivity contribution < 1.29 is 14.6 Å². The van der Waals surface area contributed by atoms with Crippen molar-refractivity contribution in [3.63, 3.8) is 0 Å². The predicted molar refractivity (Wildman–Crippen MR) is 80.8 cm³/mol. The molecule has 1 rings (SSSR count). The number of rotatable bonds is 8. The maximum atomic E-state index is 11.4. The molecule has 1 amide bonds. The summed E-state index contributed by atoms with van der Waals surface area (Å²) >= 11 is 0. The first-order valence-corrected chi connectivity index (χ1v) is 6.53. The lowest BCUT2D eigenvalue weighted by atomic mass is 10.1. The first kappa shape index (κ1) is 18.7. The third-order valence-corrected chi connectivity index (χ3v) is 2.72. The fourth-order valence-corrected chi connectivity index (χ4v) is 1.59. The van der Waals surface area contributed by atoms with E-state index in [4.69, 9.17) is 15.6 Å². The summed E-state index contributed by atoms with van der Waals surface area (Å²) in [5, 5.41) is 11.4. The molecule has 1 aromatic carbocycles. The lowest BCUT2D eigenvalue weighted by molar-refractivity contribution is 0.139. The minimum atomic E-state index is -0.407.